The lowest BCUT2D eigenvalue weighted by Gasteiger charge is -2.22. The number of likely N-dealkylation sites (N-methyl/N-ethyl adjacent to an activating group) is 1. The number of rotatable bonds is 3. The van der Waals surface area contributed by atoms with Crippen LogP contribution >= 0.6 is 34.5 Å². The Bertz CT molecular complexity index is 830. The van der Waals surface area contributed by atoms with Crippen molar-refractivity contribution in [1.82, 2.24) is 4.90 Å². The van der Waals surface area contributed by atoms with Gasteiger partial charge in [-0.2, -0.15) is 0 Å². The van der Waals surface area contributed by atoms with E-state index in [4.69, 9.17) is 23.2 Å². The van der Waals surface area contributed by atoms with E-state index in [0.29, 0.717) is 20.5 Å². The predicted molar refractivity (Wildman–Crippen MR) is 90.3 cm³/mol. The minimum Gasteiger partial charge on any atom is -0.503 e. The zero-order chi connectivity index (χ0) is 16.7. The first-order chi connectivity index (χ1) is 10.9. The highest BCUT2D eigenvalue weighted by molar-refractivity contribution is 7.12. The molecule has 0 spiro atoms. The van der Waals surface area contributed by atoms with Crippen LogP contribution in [0.5, 0.6) is 0 Å². The molecule has 7 heteroatoms. The molecule has 0 fully saturated rings. The Hall–Kier alpha value is -1.82. The van der Waals surface area contributed by atoms with E-state index in [1.54, 1.807) is 35.7 Å². The molecule has 23 heavy (non-hydrogen) atoms. The van der Waals surface area contributed by atoms with Crippen LogP contribution in [0, 0.1) is 0 Å². The van der Waals surface area contributed by atoms with Crippen LogP contribution in [0.25, 0.3) is 0 Å². The van der Waals surface area contributed by atoms with Gasteiger partial charge in [-0.25, -0.2) is 0 Å². The molecule has 2 aromatic rings. The summed E-state index contributed by atoms with van der Waals surface area (Å²) in [7, 11) is 1.53. The molecule has 118 valence electrons. The van der Waals surface area contributed by atoms with Crippen LogP contribution in [-0.4, -0.2) is 28.7 Å². The fourth-order valence-corrected chi connectivity index (χ4v) is 3.55. The first-order valence-electron chi connectivity index (χ1n) is 6.65. The summed E-state index contributed by atoms with van der Waals surface area (Å²) in [5.74, 6) is -1.49. The van der Waals surface area contributed by atoms with Crippen molar-refractivity contribution >= 4 is 46.2 Å². The Labute approximate surface area is 146 Å². The fraction of sp³-hybridized carbons (Fsp3) is 0.125. The number of carbonyl (C=O) groups is 2. The Balaban J connectivity index is 2.11. The third kappa shape index (κ3) is 2.65. The van der Waals surface area contributed by atoms with Crippen LogP contribution < -0.4 is 0 Å². The molecule has 0 saturated heterocycles. The van der Waals surface area contributed by atoms with Gasteiger partial charge in [0.05, 0.1) is 26.5 Å². The maximum atomic E-state index is 12.7. The van der Waals surface area contributed by atoms with Crippen molar-refractivity contribution in [2.75, 3.05) is 7.05 Å². The van der Waals surface area contributed by atoms with Crippen LogP contribution in [0.1, 0.15) is 21.3 Å². The second kappa shape index (κ2) is 6.00. The number of nitrogens with zero attached hydrogens (tertiary/aromatic N) is 1. The molecular weight excluding hydrogens is 357 g/mol. The highest BCUT2D eigenvalue weighted by Crippen LogP contribution is 2.39. The number of aliphatic hydroxyl groups excluding tert-OH is 1. The molecule has 2 heterocycles. The Kier molecular flexibility index (Phi) is 4.19. The van der Waals surface area contributed by atoms with Gasteiger partial charge in [0, 0.05) is 7.05 Å². The van der Waals surface area contributed by atoms with Gasteiger partial charge in [-0.1, -0.05) is 35.3 Å². The molecule has 1 atom stereocenters. The summed E-state index contributed by atoms with van der Waals surface area (Å²) in [4.78, 5) is 26.6. The van der Waals surface area contributed by atoms with Gasteiger partial charge in [0.2, 0.25) is 5.78 Å². The third-order valence-electron chi connectivity index (χ3n) is 3.69. The average Bonchev–Trinajstić information content (AvgIpc) is 3.13. The third-order valence-corrected chi connectivity index (χ3v) is 5.30. The van der Waals surface area contributed by atoms with Crippen molar-refractivity contribution in [3.8, 4) is 0 Å². The standard InChI is InChI=1S/C16H11Cl2NO3S/c1-19-13(8-4-5-9(17)10(18)7-8)12(15(21)16(19)22)14(20)11-3-2-6-23-11/h2-7,13,21H,1H3. The zero-order valence-electron chi connectivity index (χ0n) is 11.9. The van der Waals surface area contributed by atoms with E-state index in [2.05, 4.69) is 0 Å². The first kappa shape index (κ1) is 16.1. The maximum absolute atomic E-state index is 12.7. The number of benzene rings is 1. The normalized spacial score (nSPS) is 18.0. The van der Waals surface area contributed by atoms with E-state index in [1.807, 2.05) is 0 Å². The number of hydrogen-bond acceptors (Lipinski definition) is 4. The lowest BCUT2D eigenvalue weighted by molar-refractivity contribution is -0.128. The number of halogens is 2. The van der Waals surface area contributed by atoms with Crippen LogP contribution in [0.2, 0.25) is 10.0 Å². The Morgan fingerprint density at radius 1 is 1.26 bits per heavy atom. The second-order valence-corrected chi connectivity index (χ2v) is 6.82. The quantitative estimate of drug-likeness (QED) is 0.824. The molecule has 1 amide bonds. The smallest absolute Gasteiger partial charge is 0.289 e. The summed E-state index contributed by atoms with van der Waals surface area (Å²) in [6.45, 7) is 0. The van der Waals surface area contributed by atoms with Crippen LogP contribution in [-0.2, 0) is 4.79 Å². The highest BCUT2D eigenvalue weighted by atomic mass is 35.5. The minimum absolute atomic E-state index is 0.0540. The number of aliphatic hydroxyl groups is 1. The summed E-state index contributed by atoms with van der Waals surface area (Å²) in [5.41, 5.74) is 0.664. The van der Waals surface area contributed by atoms with E-state index in [9.17, 15) is 14.7 Å². The van der Waals surface area contributed by atoms with Crippen molar-refractivity contribution in [2.45, 2.75) is 6.04 Å². The van der Waals surface area contributed by atoms with Gasteiger partial charge in [0.1, 0.15) is 0 Å². The lowest BCUT2D eigenvalue weighted by Crippen LogP contribution is -2.26. The molecule has 1 aliphatic heterocycles. The lowest BCUT2D eigenvalue weighted by atomic mass is 9.96. The monoisotopic (exact) mass is 367 g/mol. The molecule has 4 nitrogen and oxygen atoms in total. The number of Topliss-reactive ketones (excluding diaryl/α,β-unsaturated/α-hetero) is 1. The summed E-state index contributed by atoms with van der Waals surface area (Å²) in [5, 5.41) is 12.6. The molecule has 1 unspecified atom stereocenters. The van der Waals surface area contributed by atoms with Gasteiger partial charge in [-0.3, -0.25) is 9.59 Å². The average molecular weight is 368 g/mol. The van der Waals surface area contributed by atoms with Gasteiger partial charge in [0.15, 0.2) is 5.76 Å². The van der Waals surface area contributed by atoms with Crippen molar-refractivity contribution in [1.29, 1.82) is 0 Å². The van der Waals surface area contributed by atoms with E-state index in [0.717, 1.165) is 0 Å². The van der Waals surface area contributed by atoms with E-state index in [1.165, 1.54) is 23.3 Å². The zero-order valence-corrected chi connectivity index (χ0v) is 14.2. The number of hydrogen-bond donors (Lipinski definition) is 1. The van der Waals surface area contributed by atoms with Crippen LogP contribution in [0.15, 0.2) is 47.0 Å². The topological polar surface area (TPSA) is 57.6 Å². The van der Waals surface area contributed by atoms with Gasteiger partial charge in [-0.05, 0) is 29.1 Å². The first-order valence-corrected chi connectivity index (χ1v) is 8.28. The number of ketones is 1. The van der Waals surface area contributed by atoms with Crippen molar-refractivity contribution in [2.24, 2.45) is 0 Å². The van der Waals surface area contributed by atoms with Crippen molar-refractivity contribution in [3.05, 3.63) is 67.5 Å². The molecule has 0 aliphatic carbocycles. The molecule has 1 aromatic heterocycles. The van der Waals surface area contributed by atoms with Crippen molar-refractivity contribution < 1.29 is 14.7 Å². The molecule has 1 aliphatic rings. The fourth-order valence-electron chi connectivity index (χ4n) is 2.57. The largest absolute Gasteiger partial charge is 0.503 e. The number of carbonyl (C=O) groups excluding carboxylic acids is 2. The van der Waals surface area contributed by atoms with Gasteiger partial charge < -0.3 is 10.0 Å². The van der Waals surface area contributed by atoms with Gasteiger partial charge >= 0.3 is 0 Å². The molecule has 0 saturated carbocycles. The van der Waals surface area contributed by atoms with Crippen LogP contribution in [0.4, 0.5) is 0 Å². The van der Waals surface area contributed by atoms with Gasteiger partial charge in [-0.15, -0.1) is 11.3 Å². The van der Waals surface area contributed by atoms with Gasteiger partial charge in [0.25, 0.3) is 5.91 Å². The van der Waals surface area contributed by atoms with E-state index < -0.39 is 17.7 Å². The molecule has 1 N–H and O–H groups in total. The SMILES string of the molecule is CN1C(=O)C(O)=C(C(=O)c2cccs2)C1c1ccc(Cl)c(Cl)c1. The summed E-state index contributed by atoms with van der Waals surface area (Å²) in [6.07, 6.45) is 0. The number of thiophene rings is 1. The number of amides is 1. The van der Waals surface area contributed by atoms with E-state index >= 15 is 0 Å². The Morgan fingerprint density at radius 2 is 2.00 bits per heavy atom. The Morgan fingerprint density at radius 3 is 2.61 bits per heavy atom. The van der Waals surface area contributed by atoms with Crippen LogP contribution in [0.3, 0.4) is 0 Å². The van der Waals surface area contributed by atoms with Crippen molar-refractivity contribution in [3.63, 3.8) is 0 Å². The summed E-state index contributed by atoms with van der Waals surface area (Å²) in [6, 6.07) is 7.57. The molecular formula is C16H11Cl2NO3S. The predicted octanol–water partition coefficient (Wildman–Crippen LogP) is 4.26. The minimum atomic E-state index is -0.702. The summed E-state index contributed by atoms with van der Waals surface area (Å²) >= 11 is 13.2. The maximum Gasteiger partial charge on any atom is 0.289 e. The van der Waals surface area contributed by atoms with E-state index in [-0.39, 0.29) is 11.4 Å². The molecule has 1 aromatic carbocycles. The molecule has 0 bridgehead atoms. The second-order valence-electron chi connectivity index (χ2n) is 5.06. The highest BCUT2D eigenvalue weighted by Gasteiger charge is 2.42. The summed E-state index contributed by atoms with van der Waals surface area (Å²) < 4.78 is 0. The molecule has 3 rings (SSSR count). The molecule has 0 radical (unpaired) electrons.